The molecule has 0 radical (unpaired) electrons. The van der Waals surface area contributed by atoms with Gasteiger partial charge in [0.25, 0.3) is 5.91 Å². The molecular formula is C25H19Cl2N5O3S. The zero-order chi connectivity index (χ0) is 26.0. The highest BCUT2D eigenvalue weighted by molar-refractivity contribution is 7.21. The number of carbonyl (C=O) groups excluding carboxylic acids is 2. The van der Waals surface area contributed by atoms with Gasteiger partial charge in [-0.3, -0.25) is 9.59 Å². The molecule has 0 bridgehead atoms. The summed E-state index contributed by atoms with van der Waals surface area (Å²) in [6, 6.07) is 15.3. The van der Waals surface area contributed by atoms with Crippen LogP contribution in [0.5, 0.6) is 11.6 Å². The SMILES string of the molecule is CC(=O)Nc1nc2ccc(Oc3ccc(Cl)c(NC(=O)c4cccc(C(C)(C)C#N)c4Cl)c3)nc2s1. The lowest BCUT2D eigenvalue weighted by molar-refractivity contribution is -0.114. The van der Waals surface area contributed by atoms with Gasteiger partial charge in [-0.15, -0.1) is 0 Å². The Morgan fingerprint density at radius 2 is 1.86 bits per heavy atom. The van der Waals surface area contributed by atoms with Gasteiger partial charge in [-0.25, -0.2) is 9.97 Å². The van der Waals surface area contributed by atoms with Crippen LogP contribution in [0.3, 0.4) is 0 Å². The van der Waals surface area contributed by atoms with E-state index in [4.69, 9.17) is 27.9 Å². The van der Waals surface area contributed by atoms with Crippen LogP contribution in [0.15, 0.2) is 48.5 Å². The molecule has 2 aromatic heterocycles. The molecule has 0 spiro atoms. The zero-order valence-corrected chi connectivity index (χ0v) is 21.7. The second kappa shape index (κ2) is 10.1. The van der Waals surface area contributed by atoms with E-state index >= 15 is 0 Å². The molecule has 0 saturated carbocycles. The highest BCUT2D eigenvalue weighted by Gasteiger charge is 2.26. The van der Waals surface area contributed by atoms with Crippen LogP contribution in [-0.4, -0.2) is 21.8 Å². The summed E-state index contributed by atoms with van der Waals surface area (Å²) in [5.74, 6) is -0.0133. The Bertz CT molecular complexity index is 1540. The fraction of sp³-hybridized carbons (Fsp3) is 0.160. The van der Waals surface area contributed by atoms with Gasteiger partial charge in [0.05, 0.1) is 32.8 Å². The van der Waals surface area contributed by atoms with Crippen LogP contribution in [0, 0.1) is 11.3 Å². The number of fused-ring (bicyclic) bond motifs is 1. The monoisotopic (exact) mass is 539 g/mol. The topological polar surface area (TPSA) is 117 Å². The number of hydrogen-bond donors (Lipinski definition) is 2. The molecule has 0 aliphatic rings. The number of nitrogens with one attached hydrogen (secondary N) is 2. The number of halogens is 2. The molecule has 2 N–H and O–H groups in total. The Balaban J connectivity index is 1.56. The third-order valence-corrected chi connectivity index (χ3v) is 6.73. The highest BCUT2D eigenvalue weighted by Crippen LogP contribution is 2.34. The molecule has 0 saturated heterocycles. The average molecular weight is 540 g/mol. The smallest absolute Gasteiger partial charge is 0.257 e. The number of nitriles is 1. The minimum Gasteiger partial charge on any atom is -0.439 e. The second-order valence-electron chi connectivity index (χ2n) is 8.28. The second-order valence-corrected chi connectivity index (χ2v) is 10.0. The maximum Gasteiger partial charge on any atom is 0.257 e. The summed E-state index contributed by atoms with van der Waals surface area (Å²) in [5.41, 5.74) is 0.833. The van der Waals surface area contributed by atoms with Crippen molar-refractivity contribution in [2.75, 3.05) is 10.6 Å². The first kappa shape index (κ1) is 25.4. The zero-order valence-electron chi connectivity index (χ0n) is 19.3. The molecule has 2 heterocycles. The van der Waals surface area contributed by atoms with Crippen molar-refractivity contribution in [3.8, 4) is 17.7 Å². The Morgan fingerprint density at radius 3 is 2.58 bits per heavy atom. The van der Waals surface area contributed by atoms with Crippen LogP contribution in [0.25, 0.3) is 10.3 Å². The van der Waals surface area contributed by atoms with Crippen molar-refractivity contribution in [1.82, 2.24) is 9.97 Å². The Kier molecular flexibility index (Phi) is 7.13. The van der Waals surface area contributed by atoms with Crippen molar-refractivity contribution in [2.45, 2.75) is 26.2 Å². The van der Waals surface area contributed by atoms with Gasteiger partial charge in [0.1, 0.15) is 16.1 Å². The summed E-state index contributed by atoms with van der Waals surface area (Å²) in [5, 5.41) is 15.8. The third kappa shape index (κ3) is 5.41. The molecule has 0 aliphatic carbocycles. The number of carbonyl (C=O) groups is 2. The normalized spacial score (nSPS) is 11.1. The van der Waals surface area contributed by atoms with Gasteiger partial charge >= 0.3 is 0 Å². The molecule has 2 amide bonds. The molecule has 182 valence electrons. The van der Waals surface area contributed by atoms with E-state index in [2.05, 4.69) is 26.7 Å². The standard InChI is InChI=1S/C25H19Cl2N5O3S/c1-13(33)29-24-31-18-9-10-20(32-23(18)36-24)35-14-7-8-17(26)19(11-14)30-22(34)15-5-4-6-16(21(15)27)25(2,3)12-28/h4-11H,1-3H3,(H,30,34)(H,29,31,33). The lowest BCUT2D eigenvalue weighted by Crippen LogP contribution is -2.18. The first-order chi connectivity index (χ1) is 17.1. The maximum absolute atomic E-state index is 13.0. The van der Waals surface area contributed by atoms with Crippen LogP contribution in [-0.2, 0) is 10.2 Å². The van der Waals surface area contributed by atoms with Crippen molar-refractivity contribution in [2.24, 2.45) is 0 Å². The number of amides is 2. The van der Waals surface area contributed by atoms with E-state index in [1.54, 1.807) is 62.4 Å². The van der Waals surface area contributed by atoms with Crippen molar-refractivity contribution >= 4 is 67.5 Å². The van der Waals surface area contributed by atoms with Crippen LogP contribution < -0.4 is 15.4 Å². The summed E-state index contributed by atoms with van der Waals surface area (Å²) in [7, 11) is 0. The Morgan fingerprint density at radius 1 is 1.08 bits per heavy atom. The van der Waals surface area contributed by atoms with Crippen LogP contribution in [0.2, 0.25) is 10.0 Å². The molecule has 8 nitrogen and oxygen atoms in total. The molecule has 0 aliphatic heterocycles. The summed E-state index contributed by atoms with van der Waals surface area (Å²) in [6.45, 7) is 4.86. The van der Waals surface area contributed by atoms with Crippen molar-refractivity contribution in [3.05, 3.63) is 69.7 Å². The highest BCUT2D eigenvalue weighted by atomic mass is 35.5. The number of rotatable bonds is 6. The van der Waals surface area contributed by atoms with E-state index in [0.29, 0.717) is 43.4 Å². The number of ether oxygens (including phenoxy) is 1. The molecule has 11 heteroatoms. The minimum atomic E-state index is -0.867. The van der Waals surface area contributed by atoms with E-state index < -0.39 is 11.3 Å². The quantitative estimate of drug-likeness (QED) is 0.278. The van der Waals surface area contributed by atoms with Crippen LogP contribution in [0.1, 0.15) is 36.7 Å². The maximum atomic E-state index is 13.0. The van der Waals surface area contributed by atoms with Crippen molar-refractivity contribution in [3.63, 3.8) is 0 Å². The molecule has 36 heavy (non-hydrogen) atoms. The summed E-state index contributed by atoms with van der Waals surface area (Å²) < 4.78 is 5.87. The summed E-state index contributed by atoms with van der Waals surface area (Å²) in [4.78, 5) is 33.6. The first-order valence-corrected chi connectivity index (χ1v) is 12.2. The predicted molar refractivity (Wildman–Crippen MR) is 141 cm³/mol. The van der Waals surface area contributed by atoms with Gasteiger partial charge in [-0.2, -0.15) is 5.26 Å². The largest absolute Gasteiger partial charge is 0.439 e. The lowest BCUT2D eigenvalue weighted by atomic mass is 9.85. The van der Waals surface area contributed by atoms with Gasteiger partial charge in [0, 0.05) is 19.1 Å². The van der Waals surface area contributed by atoms with Gasteiger partial charge in [-0.05, 0) is 43.7 Å². The van der Waals surface area contributed by atoms with E-state index in [-0.39, 0.29) is 16.5 Å². The average Bonchev–Trinajstić information content (AvgIpc) is 3.22. The minimum absolute atomic E-state index is 0.200. The number of benzene rings is 2. The van der Waals surface area contributed by atoms with Gasteiger partial charge in [0.2, 0.25) is 11.8 Å². The number of anilines is 2. The fourth-order valence-corrected chi connectivity index (χ4v) is 4.77. The molecule has 0 unspecified atom stereocenters. The molecular weight excluding hydrogens is 521 g/mol. The summed E-state index contributed by atoms with van der Waals surface area (Å²) in [6.07, 6.45) is 0. The number of aromatic nitrogens is 2. The first-order valence-electron chi connectivity index (χ1n) is 10.6. The number of thiazole rings is 1. The molecule has 4 rings (SSSR count). The molecule has 0 atom stereocenters. The van der Waals surface area contributed by atoms with Crippen LogP contribution in [0.4, 0.5) is 10.8 Å². The number of pyridine rings is 1. The Labute approximate surface area is 220 Å². The predicted octanol–water partition coefficient (Wildman–Crippen LogP) is 6.80. The van der Waals surface area contributed by atoms with E-state index in [1.807, 2.05) is 0 Å². The molecule has 0 fully saturated rings. The number of hydrogen-bond acceptors (Lipinski definition) is 7. The lowest BCUT2D eigenvalue weighted by Gasteiger charge is -2.19. The molecule has 4 aromatic rings. The Hall–Kier alpha value is -3.71. The van der Waals surface area contributed by atoms with E-state index in [9.17, 15) is 14.9 Å². The van der Waals surface area contributed by atoms with Crippen molar-refractivity contribution < 1.29 is 14.3 Å². The van der Waals surface area contributed by atoms with Crippen molar-refractivity contribution in [1.29, 1.82) is 5.26 Å². The van der Waals surface area contributed by atoms with E-state index in [1.165, 1.54) is 18.3 Å². The van der Waals surface area contributed by atoms with Gasteiger partial charge in [0.15, 0.2) is 5.13 Å². The molecule has 2 aromatic carbocycles. The van der Waals surface area contributed by atoms with E-state index in [0.717, 1.165) is 0 Å². The number of nitrogens with zero attached hydrogens (tertiary/aromatic N) is 3. The van der Waals surface area contributed by atoms with Gasteiger partial charge < -0.3 is 15.4 Å². The van der Waals surface area contributed by atoms with Gasteiger partial charge in [-0.1, -0.05) is 46.7 Å². The van der Waals surface area contributed by atoms with Crippen LogP contribution >= 0.6 is 34.5 Å². The fourth-order valence-electron chi connectivity index (χ4n) is 3.29. The third-order valence-electron chi connectivity index (χ3n) is 5.12. The summed E-state index contributed by atoms with van der Waals surface area (Å²) >= 11 is 14.0.